The maximum atomic E-state index is 11.9. The van der Waals surface area contributed by atoms with Crippen molar-refractivity contribution in [1.29, 1.82) is 0 Å². The molecule has 1 N–H and O–H groups in total. The monoisotopic (exact) mass is 472 g/mol. The van der Waals surface area contributed by atoms with Crippen LogP contribution < -0.4 is 4.90 Å². The highest BCUT2D eigenvalue weighted by atomic mass is 16.5. The number of carbonyl (C=O) groups is 1. The highest BCUT2D eigenvalue weighted by Crippen LogP contribution is 2.31. The molecule has 0 aliphatic carbocycles. The summed E-state index contributed by atoms with van der Waals surface area (Å²) in [5.41, 5.74) is 5.39. The molecule has 180 valence electrons. The van der Waals surface area contributed by atoms with Crippen molar-refractivity contribution in [3.63, 3.8) is 0 Å². The van der Waals surface area contributed by atoms with Crippen LogP contribution in [0.15, 0.2) is 48.5 Å². The second-order valence-corrected chi connectivity index (χ2v) is 8.57. The predicted octanol–water partition coefficient (Wildman–Crippen LogP) is 2.86. The summed E-state index contributed by atoms with van der Waals surface area (Å²) in [6, 6.07) is 16.6. The van der Waals surface area contributed by atoms with Crippen LogP contribution in [-0.2, 0) is 22.6 Å². The average Bonchev–Trinajstić information content (AvgIpc) is 3.53. The molecule has 10 nitrogen and oxygen atoms in total. The predicted molar refractivity (Wildman–Crippen MR) is 131 cm³/mol. The van der Waals surface area contributed by atoms with Gasteiger partial charge in [0.15, 0.2) is 11.6 Å². The molecule has 3 heterocycles. The Morgan fingerprint density at radius 2 is 1.89 bits per heavy atom. The van der Waals surface area contributed by atoms with Crippen LogP contribution in [0.3, 0.4) is 0 Å². The summed E-state index contributed by atoms with van der Waals surface area (Å²) < 4.78 is 7.13. The molecular weight excluding hydrogens is 444 g/mol. The second-order valence-electron chi connectivity index (χ2n) is 8.57. The molecule has 0 fully saturated rings. The van der Waals surface area contributed by atoms with Gasteiger partial charge in [-0.2, -0.15) is 0 Å². The molecule has 10 heteroatoms. The molecule has 5 rings (SSSR count). The molecule has 4 aromatic rings. The van der Waals surface area contributed by atoms with Gasteiger partial charge in [-0.15, -0.1) is 5.10 Å². The van der Waals surface area contributed by atoms with Crippen molar-refractivity contribution in [3.05, 3.63) is 65.6 Å². The number of benzene rings is 2. The fourth-order valence-corrected chi connectivity index (χ4v) is 4.57. The molecule has 1 aliphatic rings. The minimum Gasteiger partial charge on any atom is -0.468 e. The van der Waals surface area contributed by atoms with E-state index in [-0.39, 0.29) is 12.5 Å². The maximum Gasteiger partial charge on any atom is 0.319 e. The first-order valence-electron chi connectivity index (χ1n) is 11.6. The van der Waals surface area contributed by atoms with Gasteiger partial charge in [-0.05, 0) is 41.0 Å². The largest absolute Gasteiger partial charge is 0.468 e. The van der Waals surface area contributed by atoms with Crippen molar-refractivity contribution < 1.29 is 9.53 Å². The summed E-state index contributed by atoms with van der Waals surface area (Å²) in [6.07, 6.45) is 0. The number of aromatic amines is 1. The van der Waals surface area contributed by atoms with E-state index in [4.69, 9.17) is 9.72 Å². The van der Waals surface area contributed by atoms with Crippen LogP contribution in [0.25, 0.3) is 22.5 Å². The van der Waals surface area contributed by atoms with Crippen LogP contribution in [0.5, 0.6) is 0 Å². The van der Waals surface area contributed by atoms with Crippen LogP contribution >= 0.6 is 0 Å². The third-order valence-corrected chi connectivity index (χ3v) is 6.38. The Bertz CT molecular complexity index is 1310. The highest BCUT2D eigenvalue weighted by Gasteiger charge is 2.28. The number of aryl methyl sites for hydroxylation is 1. The minimum atomic E-state index is -0.232. The van der Waals surface area contributed by atoms with Crippen molar-refractivity contribution in [1.82, 2.24) is 35.1 Å². The molecule has 35 heavy (non-hydrogen) atoms. The Morgan fingerprint density at radius 1 is 1.11 bits per heavy atom. The zero-order chi connectivity index (χ0) is 24.4. The molecule has 0 spiro atoms. The van der Waals surface area contributed by atoms with Crippen LogP contribution in [0, 0.1) is 6.92 Å². The lowest BCUT2D eigenvalue weighted by atomic mass is 9.98. The van der Waals surface area contributed by atoms with Gasteiger partial charge in [-0.1, -0.05) is 48.5 Å². The SMILES string of the molecule is CCN1CN(CC(=O)OC)Cc2c1nc(C)n2Cc1ccc(-c2ccccc2-c2nnn[nH]2)cc1. The Balaban J connectivity index is 1.41. The second kappa shape index (κ2) is 9.67. The number of fused-ring (bicyclic) bond motifs is 1. The van der Waals surface area contributed by atoms with E-state index in [1.54, 1.807) is 0 Å². The summed E-state index contributed by atoms with van der Waals surface area (Å²) in [7, 11) is 1.42. The van der Waals surface area contributed by atoms with Crippen molar-refractivity contribution >= 4 is 11.8 Å². The van der Waals surface area contributed by atoms with E-state index < -0.39 is 0 Å². The van der Waals surface area contributed by atoms with E-state index in [2.05, 4.69) is 72.2 Å². The standard InChI is InChI=1S/C25H28N8O2/c1-4-32-16-31(15-23(34)35-3)14-22-25(32)26-17(2)33(22)13-18-9-11-19(12-10-18)20-7-5-6-8-21(20)24-27-29-30-28-24/h5-12H,4,13-16H2,1-3H3,(H,27,28,29,30). The minimum absolute atomic E-state index is 0.232. The molecule has 0 bridgehead atoms. The van der Waals surface area contributed by atoms with Gasteiger partial charge >= 0.3 is 5.97 Å². The molecular formula is C25H28N8O2. The number of tetrazole rings is 1. The van der Waals surface area contributed by atoms with E-state index in [1.807, 2.05) is 25.1 Å². The van der Waals surface area contributed by atoms with Gasteiger partial charge in [-0.3, -0.25) is 9.69 Å². The number of ether oxygens (including phenoxy) is 1. The van der Waals surface area contributed by atoms with Crippen LogP contribution in [0.4, 0.5) is 5.82 Å². The van der Waals surface area contributed by atoms with Gasteiger partial charge in [0, 0.05) is 25.2 Å². The van der Waals surface area contributed by atoms with Crippen molar-refractivity contribution in [2.45, 2.75) is 26.9 Å². The lowest BCUT2D eigenvalue weighted by Crippen LogP contribution is -2.45. The van der Waals surface area contributed by atoms with Crippen LogP contribution in [0.2, 0.25) is 0 Å². The van der Waals surface area contributed by atoms with Gasteiger partial charge in [0.05, 0.1) is 26.0 Å². The van der Waals surface area contributed by atoms with Crippen LogP contribution in [-0.4, -0.2) is 67.9 Å². The third kappa shape index (κ3) is 4.52. The first kappa shape index (κ1) is 22.7. The number of hydrogen-bond donors (Lipinski definition) is 1. The molecule has 1 aliphatic heterocycles. The molecule has 0 saturated carbocycles. The van der Waals surface area contributed by atoms with E-state index in [1.165, 1.54) is 12.7 Å². The Labute approximate surface area is 203 Å². The van der Waals surface area contributed by atoms with E-state index in [0.29, 0.717) is 25.6 Å². The topological polar surface area (TPSA) is 105 Å². The quantitative estimate of drug-likeness (QED) is 0.410. The molecule has 0 saturated heterocycles. The average molecular weight is 473 g/mol. The highest BCUT2D eigenvalue weighted by molar-refractivity contribution is 5.80. The number of nitrogens with one attached hydrogen (secondary N) is 1. The summed E-state index contributed by atoms with van der Waals surface area (Å²) >= 11 is 0. The first-order chi connectivity index (χ1) is 17.1. The molecule has 0 radical (unpaired) electrons. The number of aromatic nitrogens is 6. The summed E-state index contributed by atoms with van der Waals surface area (Å²) in [5.74, 6) is 2.37. The number of esters is 1. The van der Waals surface area contributed by atoms with Gasteiger partial charge in [0.25, 0.3) is 0 Å². The summed E-state index contributed by atoms with van der Waals surface area (Å²) in [4.78, 5) is 21.0. The number of rotatable bonds is 7. The Kier molecular flexibility index (Phi) is 6.28. The van der Waals surface area contributed by atoms with Gasteiger partial charge in [0.2, 0.25) is 0 Å². The van der Waals surface area contributed by atoms with Crippen LogP contribution in [0.1, 0.15) is 24.0 Å². The summed E-state index contributed by atoms with van der Waals surface area (Å²) in [5, 5.41) is 14.3. The molecule has 0 atom stereocenters. The third-order valence-electron chi connectivity index (χ3n) is 6.38. The van der Waals surface area contributed by atoms with E-state index in [9.17, 15) is 4.79 Å². The van der Waals surface area contributed by atoms with Gasteiger partial charge < -0.3 is 14.2 Å². The number of imidazole rings is 1. The van der Waals surface area contributed by atoms with Crippen molar-refractivity contribution in [2.75, 3.05) is 31.8 Å². The number of nitrogens with zero attached hydrogens (tertiary/aromatic N) is 7. The smallest absolute Gasteiger partial charge is 0.319 e. The number of hydrogen-bond acceptors (Lipinski definition) is 8. The number of carbonyl (C=O) groups excluding carboxylic acids is 1. The van der Waals surface area contributed by atoms with Gasteiger partial charge in [-0.25, -0.2) is 10.1 Å². The lowest BCUT2D eigenvalue weighted by molar-refractivity contribution is -0.142. The van der Waals surface area contributed by atoms with Gasteiger partial charge in [0.1, 0.15) is 5.82 Å². The fraction of sp³-hybridized carbons (Fsp3) is 0.320. The first-order valence-corrected chi connectivity index (χ1v) is 11.6. The normalized spacial score (nSPS) is 13.6. The van der Waals surface area contributed by atoms with E-state index in [0.717, 1.165) is 40.6 Å². The molecule has 0 unspecified atom stereocenters. The number of anilines is 1. The van der Waals surface area contributed by atoms with Crippen molar-refractivity contribution in [3.8, 4) is 22.5 Å². The fourth-order valence-electron chi connectivity index (χ4n) is 4.57. The maximum absolute atomic E-state index is 11.9. The Hall–Kier alpha value is -4.05. The number of H-pyrrole nitrogens is 1. The molecule has 2 aromatic heterocycles. The lowest BCUT2D eigenvalue weighted by Gasteiger charge is -2.35. The Morgan fingerprint density at radius 3 is 2.57 bits per heavy atom. The number of methoxy groups -OCH3 is 1. The molecule has 2 aromatic carbocycles. The van der Waals surface area contributed by atoms with E-state index >= 15 is 0 Å². The zero-order valence-electron chi connectivity index (χ0n) is 20.1. The molecule has 0 amide bonds. The zero-order valence-corrected chi connectivity index (χ0v) is 20.1. The van der Waals surface area contributed by atoms with Crippen molar-refractivity contribution in [2.24, 2.45) is 0 Å². The summed E-state index contributed by atoms with van der Waals surface area (Å²) in [6.45, 7) is 7.22.